The molecule has 0 aliphatic carbocycles. The molecule has 0 atom stereocenters. The number of nitrogens with zero attached hydrogens (tertiary/aromatic N) is 4. The lowest BCUT2D eigenvalue weighted by Crippen LogP contribution is -2.39. The van der Waals surface area contributed by atoms with Crippen LogP contribution in [0.2, 0.25) is 0 Å². The molecule has 6 heteroatoms. The molecular formula is C23H26N4OS. The van der Waals surface area contributed by atoms with Crippen LogP contribution in [0.5, 0.6) is 0 Å². The van der Waals surface area contributed by atoms with Crippen LogP contribution in [-0.4, -0.2) is 44.4 Å². The standard InChI is InChI=1S/C23H26N4OS/c1-18-7-5-6-10-21(18)27-17-24-25-23(27)29-16-22(28)26-13-11-20(12-14-26)15-19-8-3-2-4-9-19/h2-10,17,20H,11-16H2,1H3. The van der Waals surface area contributed by atoms with Crippen LogP contribution in [0.4, 0.5) is 0 Å². The van der Waals surface area contributed by atoms with E-state index in [9.17, 15) is 4.79 Å². The number of benzene rings is 2. The topological polar surface area (TPSA) is 51.0 Å². The van der Waals surface area contributed by atoms with Crippen molar-refractivity contribution in [2.45, 2.75) is 31.3 Å². The highest BCUT2D eigenvalue weighted by Gasteiger charge is 2.23. The number of aromatic nitrogens is 3. The number of aryl methyl sites for hydroxylation is 1. The zero-order valence-corrected chi connectivity index (χ0v) is 17.5. The lowest BCUT2D eigenvalue weighted by atomic mass is 9.90. The summed E-state index contributed by atoms with van der Waals surface area (Å²) < 4.78 is 1.96. The maximum Gasteiger partial charge on any atom is 0.233 e. The second-order valence-electron chi connectivity index (χ2n) is 7.57. The number of piperidine rings is 1. The molecule has 0 saturated carbocycles. The number of hydrogen-bond acceptors (Lipinski definition) is 4. The lowest BCUT2D eigenvalue weighted by Gasteiger charge is -2.32. The van der Waals surface area contributed by atoms with E-state index in [4.69, 9.17) is 0 Å². The Morgan fingerprint density at radius 2 is 1.79 bits per heavy atom. The summed E-state index contributed by atoms with van der Waals surface area (Å²) in [6.45, 7) is 3.76. The zero-order valence-electron chi connectivity index (χ0n) is 16.7. The Hall–Kier alpha value is -2.60. The molecule has 1 aromatic heterocycles. The Morgan fingerprint density at radius 3 is 2.55 bits per heavy atom. The van der Waals surface area contributed by atoms with Gasteiger partial charge in [0.1, 0.15) is 6.33 Å². The van der Waals surface area contributed by atoms with E-state index in [0.29, 0.717) is 11.7 Å². The van der Waals surface area contributed by atoms with Crippen molar-refractivity contribution >= 4 is 17.7 Å². The SMILES string of the molecule is Cc1ccccc1-n1cnnc1SCC(=O)N1CCC(Cc2ccccc2)CC1. The minimum Gasteiger partial charge on any atom is -0.342 e. The van der Waals surface area contributed by atoms with Gasteiger partial charge < -0.3 is 4.90 Å². The molecule has 2 heterocycles. The van der Waals surface area contributed by atoms with Gasteiger partial charge in [0.25, 0.3) is 0 Å². The van der Waals surface area contributed by atoms with Crippen LogP contribution in [0, 0.1) is 12.8 Å². The number of carbonyl (C=O) groups is 1. The lowest BCUT2D eigenvalue weighted by molar-refractivity contribution is -0.129. The smallest absolute Gasteiger partial charge is 0.233 e. The predicted molar refractivity (Wildman–Crippen MR) is 116 cm³/mol. The molecule has 1 amide bonds. The number of likely N-dealkylation sites (tertiary alicyclic amines) is 1. The third-order valence-electron chi connectivity index (χ3n) is 5.55. The van der Waals surface area contributed by atoms with Crippen molar-refractivity contribution in [1.29, 1.82) is 0 Å². The zero-order chi connectivity index (χ0) is 20.1. The number of para-hydroxylation sites is 1. The Bertz CT molecular complexity index is 948. The van der Waals surface area contributed by atoms with Gasteiger partial charge in [-0.15, -0.1) is 10.2 Å². The second kappa shape index (κ2) is 9.27. The maximum absolute atomic E-state index is 12.7. The number of carbonyl (C=O) groups excluding carboxylic acids is 1. The van der Waals surface area contributed by atoms with Crippen molar-refractivity contribution in [3.05, 3.63) is 72.1 Å². The Morgan fingerprint density at radius 1 is 1.07 bits per heavy atom. The Kier molecular flexibility index (Phi) is 6.30. The first-order valence-corrected chi connectivity index (χ1v) is 11.1. The molecule has 150 valence electrons. The van der Waals surface area contributed by atoms with Gasteiger partial charge >= 0.3 is 0 Å². The predicted octanol–water partition coefficient (Wildman–Crippen LogP) is 4.15. The van der Waals surface area contributed by atoms with Crippen LogP contribution in [0.15, 0.2) is 66.1 Å². The van der Waals surface area contributed by atoms with Crippen molar-refractivity contribution in [2.24, 2.45) is 5.92 Å². The summed E-state index contributed by atoms with van der Waals surface area (Å²) in [6.07, 6.45) is 4.97. The summed E-state index contributed by atoms with van der Waals surface area (Å²) in [6, 6.07) is 18.8. The molecule has 1 fully saturated rings. The van der Waals surface area contributed by atoms with E-state index in [2.05, 4.69) is 53.5 Å². The third-order valence-corrected chi connectivity index (χ3v) is 6.48. The van der Waals surface area contributed by atoms with Crippen LogP contribution in [0.25, 0.3) is 5.69 Å². The highest BCUT2D eigenvalue weighted by atomic mass is 32.2. The fourth-order valence-electron chi connectivity index (χ4n) is 3.87. The summed E-state index contributed by atoms with van der Waals surface area (Å²) in [5, 5.41) is 9.02. The van der Waals surface area contributed by atoms with E-state index in [0.717, 1.165) is 48.8 Å². The summed E-state index contributed by atoms with van der Waals surface area (Å²) in [7, 11) is 0. The van der Waals surface area contributed by atoms with E-state index < -0.39 is 0 Å². The van der Waals surface area contributed by atoms with Gasteiger partial charge in [-0.25, -0.2) is 0 Å². The van der Waals surface area contributed by atoms with Gasteiger partial charge in [-0.3, -0.25) is 9.36 Å². The average molecular weight is 407 g/mol. The van der Waals surface area contributed by atoms with Crippen molar-refractivity contribution in [3.8, 4) is 5.69 Å². The first kappa shape index (κ1) is 19.7. The first-order chi connectivity index (χ1) is 14.2. The Labute approximate surface area is 176 Å². The van der Waals surface area contributed by atoms with Gasteiger partial charge in [0.05, 0.1) is 11.4 Å². The molecule has 4 rings (SSSR count). The molecule has 0 N–H and O–H groups in total. The van der Waals surface area contributed by atoms with Crippen LogP contribution < -0.4 is 0 Å². The van der Waals surface area contributed by atoms with E-state index in [1.54, 1.807) is 6.33 Å². The minimum atomic E-state index is 0.187. The molecule has 1 aliphatic heterocycles. The van der Waals surface area contributed by atoms with Gasteiger partial charge in [0.2, 0.25) is 5.91 Å². The van der Waals surface area contributed by atoms with E-state index in [1.807, 2.05) is 27.7 Å². The highest BCUT2D eigenvalue weighted by molar-refractivity contribution is 7.99. The van der Waals surface area contributed by atoms with Crippen LogP contribution in [0.1, 0.15) is 24.0 Å². The summed E-state index contributed by atoms with van der Waals surface area (Å²) in [4.78, 5) is 14.7. The highest BCUT2D eigenvalue weighted by Crippen LogP contribution is 2.25. The van der Waals surface area contributed by atoms with Gasteiger partial charge in [-0.05, 0) is 49.3 Å². The van der Waals surface area contributed by atoms with Crippen molar-refractivity contribution in [2.75, 3.05) is 18.8 Å². The van der Waals surface area contributed by atoms with Gasteiger partial charge in [0.15, 0.2) is 5.16 Å². The summed E-state index contributed by atoms with van der Waals surface area (Å²) in [5.41, 5.74) is 3.60. The van der Waals surface area contributed by atoms with Crippen LogP contribution in [-0.2, 0) is 11.2 Å². The molecule has 1 aliphatic rings. The molecule has 0 unspecified atom stereocenters. The minimum absolute atomic E-state index is 0.187. The number of hydrogen-bond donors (Lipinski definition) is 0. The number of rotatable bonds is 6. The van der Waals surface area contributed by atoms with Gasteiger partial charge in [-0.2, -0.15) is 0 Å². The van der Waals surface area contributed by atoms with E-state index in [1.165, 1.54) is 17.3 Å². The Balaban J connectivity index is 1.29. The monoisotopic (exact) mass is 406 g/mol. The fraction of sp³-hybridized carbons (Fsp3) is 0.348. The van der Waals surface area contributed by atoms with Gasteiger partial charge in [-0.1, -0.05) is 60.3 Å². The molecule has 0 spiro atoms. The fourth-order valence-corrected chi connectivity index (χ4v) is 4.70. The van der Waals surface area contributed by atoms with Crippen molar-refractivity contribution in [1.82, 2.24) is 19.7 Å². The molecule has 29 heavy (non-hydrogen) atoms. The van der Waals surface area contributed by atoms with Crippen molar-refractivity contribution in [3.63, 3.8) is 0 Å². The second-order valence-corrected chi connectivity index (χ2v) is 8.52. The first-order valence-electron chi connectivity index (χ1n) is 10.1. The number of amides is 1. The largest absolute Gasteiger partial charge is 0.342 e. The normalized spacial score (nSPS) is 14.9. The molecule has 0 bridgehead atoms. The molecule has 3 aromatic rings. The molecular weight excluding hydrogens is 380 g/mol. The third kappa shape index (κ3) is 4.88. The maximum atomic E-state index is 12.7. The summed E-state index contributed by atoms with van der Waals surface area (Å²) >= 11 is 1.46. The van der Waals surface area contributed by atoms with Crippen LogP contribution in [0.3, 0.4) is 0 Å². The molecule has 5 nitrogen and oxygen atoms in total. The molecule has 2 aromatic carbocycles. The summed E-state index contributed by atoms with van der Waals surface area (Å²) in [5.74, 6) is 1.25. The van der Waals surface area contributed by atoms with Gasteiger partial charge in [0, 0.05) is 13.1 Å². The van der Waals surface area contributed by atoms with E-state index >= 15 is 0 Å². The molecule has 0 radical (unpaired) electrons. The molecule has 1 saturated heterocycles. The average Bonchev–Trinajstić information content (AvgIpc) is 3.22. The number of thioether (sulfide) groups is 1. The van der Waals surface area contributed by atoms with E-state index in [-0.39, 0.29) is 5.91 Å². The van der Waals surface area contributed by atoms with Crippen LogP contribution >= 0.6 is 11.8 Å². The quantitative estimate of drug-likeness (QED) is 0.577. The van der Waals surface area contributed by atoms with Crippen molar-refractivity contribution < 1.29 is 4.79 Å².